The standard InChI is InChI=1S/C17H13BrClFN2O2/c1-17(13-6-5-12(20)8-14(13)19)15(23)22(16(24)21-17)9-10-3-2-4-11(18)7-10/h2-8H,9H2,1H3,(H,21,24). The number of halogens is 3. The highest BCUT2D eigenvalue weighted by Crippen LogP contribution is 2.34. The van der Waals surface area contributed by atoms with Gasteiger partial charge in [-0.3, -0.25) is 9.69 Å². The maximum absolute atomic E-state index is 13.3. The number of amides is 3. The summed E-state index contributed by atoms with van der Waals surface area (Å²) in [4.78, 5) is 26.3. The Bertz CT molecular complexity index is 845. The minimum absolute atomic E-state index is 0.0930. The Kier molecular flexibility index (Phi) is 4.36. The van der Waals surface area contributed by atoms with Gasteiger partial charge in [0.15, 0.2) is 0 Å². The Morgan fingerprint density at radius 1 is 1.25 bits per heavy atom. The molecule has 1 aliphatic rings. The minimum Gasteiger partial charge on any atom is -0.319 e. The lowest BCUT2D eigenvalue weighted by Crippen LogP contribution is -2.41. The molecule has 24 heavy (non-hydrogen) atoms. The van der Waals surface area contributed by atoms with Crippen molar-refractivity contribution < 1.29 is 14.0 Å². The summed E-state index contributed by atoms with van der Waals surface area (Å²) in [6, 6.07) is 10.6. The maximum atomic E-state index is 13.3. The molecule has 0 aromatic heterocycles. The lowest BCUT2D eigenvalue weighted by molar-refractivity contribution is -0.131. The summed E-state index contributed by atoms with van der Waals surface area (Å²) in [7, 11) is 0. The van der Waals surface area contributed by atoms with Gasteiger partial charge in [0.2, 0.25) is 0 Å². The number of carbonyl (C=O) groups is 2. The predicted molar refractivity (Wildman–Crippen MR) is 92.0 cm³/mol. The van der Waals surface area contributed by atoms with Crippen molar-refractivity contribution in [2.75, 3.05) is 0 Å². The zero-order valence-corrected chi connectivity index (χ0v) is 15.0. The van der Waals surface area contributed by atoms with Crippen molar-refractivity contribution in [2.45, 2.75) is 19.0 Å². The molecule has 1 unspecified atom stereocenters. The van der Waals surface area contributed by atoms with E-state index in [1.165, 1.54) is 12.1 Å². The van der Waals surface area contributed by atoms with Crippen molar-refractivity contribution in [3.8, 4) is 0 Å². The normalized spacial score (nSPS) is 20.4. The first kappa shape index (κ1) is 16.9. The quantitative estimate of drug-likeness (QED) is 0.769. The van der Waals surface area contributed by atoms with E-state index in [0.717, 1.165) is 21.0 Å². The van der Waals surface area contributed by atoms with Gasteiger partial charge in [0, 0.05) is 15.1 Å². The molecule has 3 amide bonds. The molecule has 0 radical (unpaired) electrons. The summed E-state index contributed by atoms with van der Waals surface area (Å²) < 4.78 is 14.1. The van der Waals surface area contributed by atoms with Crippen LogP contribution in [0.4, 0.5) is 9.18 Å². The van der Waals surface area contributed by atoms with Crippen LogP contribution in [0.15, 0.2) is 46.9 Å². The van der Waals surface area contributed by atoms with Crippen LogP contribution >= 0.6 is 27.5 Å². The molecule has 2 aromatic carbocycles. The molecule has 1 saturated heterocycles. The molecule has 2 aromatic rings. The van der Waals surface area contributed by atoms with Crippen LogP contribution in [0.2, 0.25) is 5.02 Å². The summed E-state index contributed by atoms with van der Waals surface area (Å²) in [5, 5.41) is 2.75. The fourth-order valence-corrected chi connectivity index (χ4v) is 3.54. The lowest BCUT2D eigenvalue weighted by atomic mass is 9.92. The van der Waals surface area contributed by atoms with Crippen LogP contribution in [-0.2, 0) is 16.9 Å². The number of nitrogens with zero attached hydrogens (tertiary/aromatic N) is 1. The average Bonchev–Trinajstić information content (AvgIpc) is 2.71. The summed E-state index contributed by atoms with van der Waals surface area (Å²) >= 11 is 9.43. The topological polar surface area (TPSA) is 49.4 Å². The number of benzene rings is 2. The van der Waals surface area contributed by atoms with Crippen molar-refractivity contribution in [1.29, 1.82) is 0 Å². The van der Waals surface area contributed by atoms with Gasteiger partial charge >= 0.3 is 6.03 Å². The van der Waals surface area contributed by atoms with E-state index < -0.39 is 23.3 Å². The second-order valence-corrected chi connectivity index (χ2v) is 7.02. The minimum atomic E-state index is -1.33. The third-order valence-electron chi connectivity index (χ3n) is 3.97. The van der Waals surface area contributed by atoms with E-state index in [-0.39, 0.29) is 11.6 Å². The van der Waals surface area contributed by atoms with Crippen LogP contribution in [-0.4, -0.2) is 16.8 Å². The van der Waals surface area contributed by atoms with Crippen LogP contribution in [0.3, 0.4) is 0 Å². The van der Waals surface area contributed by atoms with Crippen molar-refractivity contribution in [3.63, 3.8) is 0 Å². The first-order valence-corrected chi connectivity index (χ1v) is 8.32. The van der Waals surface area contributed by atoms with Crippen LogP contribution in [0.25, 0.3) is 0 Å². The number of hydrogen-bond acceptors (Lipinski definition) is 2. The Balaban J connectivity index is 1.93. The molecule has 3 rings (SSSR count). The van der Waals surface area contributed by atoms with Gasteiger partial charge in [-0.15, -0.1) is 0 Å². The van der Waals surface area contributed by atoms with Crippen LogP contribution in [0.5, 0.6) is 0 Å². The molecule has 1 fully saturated rings. The number of rotatable bonds is 3. The average molecular weight is 412 g/mol. The van der Waals surface area contributed by atoms with Gasteiger partial charge in [-0.2, -0.15) is 0 Å². The molecule has 0 saturated carbocycles. The number of imide groups is 1. The summed E-state index contributed by atoms with van der Waals surface area (Å²) in [5.74, 6) is -0.934. The van der Waals surface area contributed by atoms with Crippen LogP contribution < -0.4 is 5.32 Å². The number of nitrogens with one attached hydrogen (secondary N) is 1. The Morgan fingerprint density at radius 3 is 2.67 bits per heavy atom. The zero-order valence-electron chi connectivity index (χ0n) is 12.6. The monoisotopic (exact) mass is 410 g/mol. The molecular formula is C17H13BrClFN2O2. The van der Waals surface area contributed by atoms with Gasteiger partial charge in [0.05, 0.1) is 6.54 Å². The smallest absolute Gasteiger partial charge is 0.319 e. The van der Waals surface area contributed by atoms with Gasteiger partial charge in [-0.25, -0.2) is 9.18 Å². The third-order valence-corrected chi connectivity index (χ3v) is 4.78. The summed E-state index contributed by atoms with van der Waals surface area (Å²) in [6.07, 6.45) is 0. The van der Waals surface area contributed by atoms with Crippen LogP contribution in [0.1, 0.15) is 18.1 Å². The van der Waals surface area contributed by atoms with Crippen molar-refractivity contribution in [1.82, 2.24) is 10.2 Å². The fourth-order valence-electron chi connectivity index (χ4n) is 2.74. The predicted octanol–water partition coefficient (Wildman–Crippen LogP) is 4.21. The van der Waals surface area contributed by atoms with E-state index in [9.17, 15) is 14.0 Å². The third kappa shape index (κ3) is 2.91. The number of urea groups is 1. The summed E-state index contributed by atoms with van der Waals surface area (Å²) in [6.45, 7) is 1.70. The molecule has 0 spiro atoms. The molecule has 1 atom stereocenters. The highest BCUT2D eigenvalue weighted by Gasteiger charge is 2.49. The van der Waals surface area contributed by atoms with E-state index in [1.807, 2.05) is 24.3 Å². The highest BCUT2D eigenvalue weighted by atomic mass is 79.9. The molecule has 124 valence electrons. The molecule has 0 aliphatic carbocycles. The number of carbonyl (C=O) groups excluding carboxylic acids is 2. The molecule has 0 bridgehead atoms. The van der Waals surface area contributed by atoms with Gasteiger partial charge < -0.3 is 5.32 Å². The molecule has 1 aliphatic heterocycles. The van der Waals surface area contributed by atoms with E-state index in [2.05, 4.69) is 21.2 Å². The lowest BCUT2D eigenvalue weighted by Gasteiger charge is -2.23. The number of hydrogen-bond donors (Lipinski definition) is 1. The van der Waals surface area contributed by atoms with Crippen molar-refractivity contribution in [2.24, 2.45) is 0 Å². The zero-order chi connectivity index (χ0) is 17.5. The van der Waals surface area contributed by atoms with Crippen molar-refractivity contribution in [3.05, 3.63) is 68.9 Å². The SMILES string of the molecule is CC1(c2ccc(F)cc2Cl)NC(=O)N(Cc2cccc(Br)c2)C1=O. The van der Waals surface area contributed by atoms with E-state index in [1.54, 1.807) is 6.92 Å². The van der Waals surface area contributed by atoms with E-state index >= 15 is 0 Å². The maximum Gasteiger partial charge on any atom is 0.325 e. The highest BCUT2D eigenvalue weighted by molar-refractivity contribution is 9.10. The first-order valence-electron chi connectivity index (χ1n) is 7.15. The Morgan fingerprint density at radius 2 is 2.00 bits per heavy atom. The molecule has 4 nitrogen and oxygen atoms in total. The largest absolute Gasteiger partial charge is 0.325 e. The Labute approximate surface area is 151 Å². The Hall–Kier alpha value is -1.92. The molecular weight excluding hydrogens is 399 g/mol. The van der Waals surface area contributed by atoms with Crippen LogP contribution in [0, 0.1) is 5.82 Å². The molecule has 1 heterocycles. The second kappa shape index (κ2) is 6.18. The first-order chi connectivity index (χ1) is 11.3. The molecule has 7 heteroatoms. The van der Waals surface area contributed by atoms with Gasteiger partial charge in [-0.05, 0) is 36.8 Å². The fraction of sp³-hybridized carbons (Fsp3) is 0.176. The van der Waals surface area contributed by atoms with Crippen molar-refractivity contribution >= 4 is 39.5 Å². The van der Waals surface area contributed by atoms with Gasteiger partial charge in [-0.1, -0.05) is 45.7 Å². The summed E-state index contributed by atoms with van der Waals surface area (Å²) in [5.41, 5.74) is -0.156. The van der Waals surface area contributed by atoms with Gasteiger partial charge in [0.25, 0.3) is 5.91 Å². The second-order valence-electron chi connectivity index (χ2n) is 5.70. The van der Waals surface area contributed by atoms with E-state index in [0.29, 0.717) is 5.56 Å². The molecule has 1 N–H and O–H groups in total. The van der Waals surface area contributed by atoms with Gasteiger partial charge in [0.1, 0.15) is 11.4 Å². The van der Waals surface area contributed by atoms with E-state index in [4.69, 9.17) is 11.6 Å².